The van der Waals surface area contributed by atoms with Gasteiger partial charge < -0.3 is 5.32 Å². The van der Waals surface area contributed by atoms with E-state index < -0.39 is 17.6 Å². The van der Waals surface area contributed by atoms with Gasteiger partial charge in [0.05, 0.1) is 0 Å². The number of hydrogen-bond acceptors (Lipinski definition) is 1. The summed E-state index contributed by atoms with van der Waals surface area (Å²) < 4.78 is 37.3. The molecule has 0 aliphatic rings. The largest absolute Gasteiger partial charge is 0.411 e. The molecule has 78 valence electrons. The van der Waals surface area contributed by atoms with E-state index in [0.29, 0.717) is 6.42 Å². The number of alkyl halides is 3. The van der Waals surface area contributed by atoms with Gasteiger partial charge in [0.2, 0.25) is 5.91 Å². The van der Waals surface area contributed by atoms with Crippen LogP contribution in [-0.2, 0) is 4.79 Å². The van der Waals surface area contributed by atoms with E-state index >= 15 is 0 Å². The summed E-state index contributed by atoms with van der Waals surface area (Å²) in [6.45, 7) is 3.73. The molecule has 0 radical (unpaired) electrons. The third-order valence-corrected chi connectivity index (χ3v) is 1.83. The van der Waals surface area contributed by atoms with Crippen molar-refractivity contribution in [3.63, 3.8) is 0 Å². The van der Waals surface area contributed by atoms with Gasteiger partial charge in [0.15, 0.2) is 0 Å². The Morgan fingerprint density at radius 2 is 1.85 bits per heavy atom. The van der Waals surface area contributed by atoms with E-state index in [1.54, 1.807) is 6.92 Å². The van der Waals surface area contributed by atoms with Crippen LogP contribution in [0.3, 0.4) is 0 Å². The van der Waals surface area contributed by atoms with Crippen molar-refractivity contribution in [2.24, 2.45) is 0 Å². The second-order valence-electron chi connectivity index (χ2n) is 3.26. The average molecular weight is 197 g/mol. The summed E-state index contributed by atoms with van der Waals surface area (Å²) in [6.07, 6.45) is -4.12. The molecular formula is C8H14F3NO. The Hall–Kier alpha value is -0.740. The van der Waals surface area contributed by atoms with Gasteiger partial charge in [0.25, 0.3) is 0 Å². The number of amides is 1. The van der Waals surface area contributed by atoms with Gasteiger partial charge in [0.1, 0.15) is 5.54 Å². The molecule has 1 N–H and O–H groups in total. The summed E-state index contributed by atoms with van der Waals surface area (Å²) in [6, 6.07) is 0. The zero-order valence-corrected chi connectivity index (χ0v) is 7.96. The highest BCUT2D eigenvalue weighted by Crippen LogP contribution is 2.33. The quantitative estimate of drug-likeness (QED) is 0.738. The number of halogens is 3. The Balaban J connectivity index is 4.62. The topological polar surface area (TPSA) is 29.1 Å². The van der Waals surface area contributed by atoms with Crippen molar-refractivity contribution >= 4 is 5.91 Å². The normalized spacial score (nSPS) is 16.5. The molecule has 0 bridgehead atoms. The van der Waals surface area contributed by atoms with E-state index in [1.165, 1.54) is 0 Å². The molecule has 0 aliphatic carbocycles. The van der Waals surface area contributed by atoms with E-state index in [1.807, 2.05) is 5.32 Å². The molecule has 0 saturated carbocycles. The Bertz CT molecular complexity index is 190. The van der Waals surface area contributed by atoms with Gasteiger partial charge in [-0.05, 0) is 13.3 Å². The predicted octanol–water partition coefficient (Wildman–Crippen LogP) is 2.24. The molecule has 5 heteroatoms. The molecule has 0 saturated heterocycles. The van der Waals surface area contributed by atoms with Crippen molar-refractivity contribution in [1.82, 2.24) is 5.32 Å². The maximum absolute atomic E-state index is 12.4. The van der Waals surface area contributed by atoms with Crippen LogP contribution in [0.4, 0.5) is 13.2 Å². The number of carbonyl (C=O) groups is 1. The maximum atomic E-state index is 12.4. The highest BCUT2D eigenvalue weighted by Gasteiger charge is 2.50. The first kappa shape index (κ1) is 12.3. The van der Waals surface area contributed by atoms with Crippen LogP contribution in [0.5, 0.6) is 0 Å². The first-order valence-corrected chi connectivity index (χ1v) is 4.08. The van der Waals surface area contributed by atoms with E-state index in [-0.39, 0.29) is 6.42 Å². The number of hydrogen-bond donors (Lipinski definition) is 1. The van der Waals surface area contributed by atoms with Gasteiger partial charge in [-0.15, -0.1) is 0 Å². The smallest absolute Gasteiger partial charge is 0.342 e. The minimum atomic E-state index is -4.39. The van der Waals surface area contributed by atoms with Crippen molar-refractivity contribution in [1.29, 1.82) is 0 Å². The molecule has 0 spiro atoms. The molecule has 0 aromatic carbocycles. The van der Waals surface area contributed by atoms with E-state index in [4.69, 9.17) is 0 Å². The van der Waals surface area contributed by atoms with Crippen molar-refractivity contribution in [3.8, 4) is 0 Å². The van der Waals surface area contributed by atoms with Crippen LogP contribution in [0.2, 0.25) is 0 Å². The third-order valence-electron chi connectivity index (χ3n) is 1.83. The van der Waals surface area contributed by atoms with Crippen LogP contribution in [0.1, 0.15) is 33.6 Å². The molecule has 0 aromatic rings. The van der Waals surface area contributed by atoms with Crippen LogP contribution < -0.4 is 5.32 Å². The van der Waals surface area contributed by atoms with Crippen molar-refractivity contribution in [2.75, 3.05) is 0 Å². The minimum Gasteiger partial charge on any atom is -0.342 e. The lowest BCUT2D eigenvalue weighted by Crippen LogP contribution is -2.55. The summed E-state index contributed by atoms with van der Waals surface area (Å²) in [5, 5.41) is 1.93. The van der Waals surface area contributed by atoms with Crippen LogP contribution in [0.15, 0.2) is 0 Å². The fourth-order valence-corrected chi connectivity index (χ4v) is 1.16. The summed E-state index contributed by atoms with van der Waals surface area (Å²) in [7, 11) is 0. The predicted molar refractivity (Wildman–Crippen MR) is 43.2 cm³/mol. The van der Waals surface area contributed by atoms with Crippen molar-refractivity contribution in [2.45, 2.75) is 45.3 Å². The van der Waals surface area contributed by atoms with Crippen LogP contribution in [-0.4, -0.2) is 17.6 Å². The van der Waals surface area contributed by atoms with E-state index in [2.05, 4.69) is 0 Å². The molecule has 0 fully saturated rings. The lowest BCUT2D eigenvalue weighted by Gasteiger charge is -2.32. The van der Waals surface area contributed by atoms with Gasteiger partial charge in [-0.2, -0.15) is 13.2 Å². The monoisotopic (exact) mass is 197 g/mol. The molecule has 1 atom stereocenters. The van der Waals surface area contributed by atoms with E-state index in [0.717, 1.165) is 13.8 Å². The van der Waals surface area contributed by atoms with Gasteiger partial charge >= 0.3 is 6.18 Å². The number of rotatable bonds is 3. The molecule has 0 rings (SSSR count). The molecule has 0 heterocycles. The highest BCUT2D eigenvalue weighted by molar-refractivity contribution is 5.73. The fourth-order valence-electron chi connectivity index (χ4n) is 1.16. The molecule has 1 unspecified atom stereocenters. The second kappa shape index (κ2) is 3.98. The van der Waals surface area contributed by atoms with Crippen molar-refractivity contribution < 1.29 is 18.0 Å². The van der Waals surface area contributed by atoms with Gasteiger partial charge in [0, 0.05) is 6.92 Å². The zero-order chi connectivity index (χ0) is 10.7. The number of nitrogens with one attached hydrogen (secondary N) is 1. The molecule has 1 amide bonds. The summed E-state index contributed by atoms with van der Waals surface area (Å²) in [4.78, 5) is 10.6. The minimum absolute atomic E-state index is 0.101. The standard InChI is InChI=1S/C8H14F3NO/c1-4-5-7(3,8(9,10)11)12-6(2)13/h4-5H2,1-3H3,(H,12,13). The lowest BCUT2D eigenvalue weighted by molar-refractivity contribution is -0.195. The van der Waals surface area contributed by atoms with Crippen LogP contribution >= 0.6 is 0 Å². The summed E-state index contributed by atoms with van der Waals surface area (Å²) in [5.41, 5.74) is -2.09. The molecule has 2 nitrogen and oxygen atoms in total. The van der Waals surface area contributed by atoms with Gasteiger partial charge in [-0.25, -0.2) is 0 Å². The SMILES string of the molecule is CCCC(C)(NC(C)=O)C(F)(F)F. The second-order valence-corrected chi connectivity index (χ2v) is 3.26. The first-order valence-electron chi connectivity index (χ1n) is 4.08. The van der Waals surface area contributed by atoms with Crippen LogP contribution in [0, 0.1) is 0 Å². The Kier molecular flexibility index (Phi) is 3.75. The molecular weight excluding hydrogens is 183 g/mol. The first-order chi connectivity index (χ1) is 5.73. The maximum Gasteiger partial charge on any atom is 0.411 e. The number of carbonyl (C=O) groups excluding carboxylic acids is 1. The van der Waals surface area contributed by atoms with Gasteiger partial charge in [-0.1, -0.05) is 13.3 Å². The van der Waals surface area contributed by atoms with E-state index in [9.17, 15) is 18.0 Å². The average Bonchev–Trinajstić information content (AvgIpc) is 1.82. The summed E-state index contributed by atoms with van der Waals surface area (Å²) in [5.74, 6) is -0.659. The Morgan fingerprint density at radius 3 is 2.08 bits per heavy atom. The van der Waals surface area contributed by atoms with Crippen molar-refractivity contribution in [3.05, 3.63) is 0 Å². The third kappa shape index (κ3) is 3.24. The van der Waals surface area contributed by atoms with Gasteiger partial charge in [-0.3, -0.25) is 4.79 Å². The fraction of sp³-hybridized carbons (Fsp3) is 0.875. The molecule has 0 aliphatic heterocycles. The highest BCUT2D eigenvalue weighted by atomic mass is 19.4. The zero-order valence-electron chi connectivity index (χ0n) is 7.96. The summed E-state index contributed by atoms with van der Waals surface area (Å²) >= 11 is 0. The molecule has 0 aromatic heterocycles. The Labute approximate surface area is 75.5 Å². The lowest BCUT2D eigenvalue weighted by atomic mass is 9.95. The molecule has 13 heavy (non-hydrogen) atoms. The van der Waals surface area contributed by atoms with Crippen LogP contribution in [0.25, 0.3) is 0 Å². The Morgan fingerprint density at radius 1 is 1.38 bits per heavy atom.